The fourth-order valence-corrected chi connectivity index (χ4v) is 0.936. The van der Waals surface area contributed by atoms with Gasteiger partial charge >= 0.3 is 6.18 Å². The molecule has 76 valence electrons. The molecule has 1 heterocycles. The predicted molar refractivity (Wildman–Crippen MR) is 42.0 cm³/mol. The van der Waals surface area contributed by atoms with Crippen molar-refractivity contribution in [3.8, 4) is 6.07 Å². The van der Waals surface area contributed by atoms with E-state index in [1.165, 1.54) is 6.20 Å². The van der Waals surface area contributed by atoms with Gasteiger partial charge in [0.1, 0.15) is 0 Å². The van der Waals surface area contributed by atoms with Crippen LogP contribution in [-0.4, -0.2) is 9.78 Å². The average molecular weight is 203 g/mol. The first-order chi connectivity index (χ1) is 6.43. The second-order valence-electron chi connectivity index (χ2n) is 2.95. The van der Waals surface area contributed by atoms with Crippen molar-refractivity contribution in [1.29, 1.82) is 5.26 Å². The number of alkyl halides is 3. The fourth-order valence-electron chi connectivity index (χ4n) is 0.936. The zero-order chi connectivity index (χ0) is 10.8. The maximum absolute atomic E-state index is 12.1. The highest BCUT2D eigenvalue weighted by molar-refractivity contribution is 5.03. The number of aromatic nitrogens is 2. The average Bonchev–Trinajstić information content (AvgIpc) is 2.51. The van der Waals surface area contributed by atoms with E-state index < -0.39 is 11.9 Å². The highest BCUT2D eigenvalue weighted by Crippen LogP contribution is 2.27. The first kappa shape index (κ1) is 10.6. The number of hydrogen-bond donors (Lipinski definition) is 0. The second kappa shape index (κ2) is 3.70. The Hall–Kier alpha value is -1.51. The summed E-state index contributed by atoms with van der Waals surface area (Å²) in [6.45, 7) is 1.79. The molecule has 14 heavy (non-hydrogen) atoms. The Morgan fingerprint density at radius 2 is 2.29 bits per heavy atom. The number of nitrogens with zero attached hydrogens (tertiary/aromatic N) is 3. The van der Waals surface area contributed by atoms with Crippen LogP contribution in [0, 0.1) is 17.2 Å². The molecule has 3 nitrogen and oxygen atoms in total. The molecule has 0 spiro atoms. The van der Waals surface area contributed by atoms with Crippen molar-refractivity contribution in [2.24, 2.45) is 5.92 Å². The quantitative estimate of drug-likeness (QED) is 0.738. The van der Waals surface area contributed by atoms with E-state index in [-0.39, 0.29) is 12.5 Å². The van der Waals surface area contributed by atoms with Gasteiger partial charge in [-0.15, -0.1) is 0 Å². The minimum atomic E-state index is -4.42. The van der Waals surface area contributed by atoms with Gasteiger partial charge in [-0.2, -0.15) is 23.5 Å². The molecule has 1 unspecified atom stereocenters. The van der Waals surface area contributed by atoms with Gasteiger partial charge in [0.15, 0.2) is 5.69 Å². The molecule has 0 aromatic carbocycles. The lowest BCUT2D eigenvalue weighted by atomic mass is 10.2. The second-order valence-corrected chi connectivity index (χ2v) is 2.95. The van der Waals surface area contributed by atoms with Crippen LogP contribution in [0.1, 0.15) is 12.6 Å². The molecule has 0 aliphatic carbocycles. The highest BCUT2D eigenvalue weighted by atomic mass is 19.4. The molecule has 0 N–H and O–H groups in total. The Morgan fingerprint density at radius 3 is 2.71 bits per heavy atom. The third-order valence-electron chi connectivity index (χ3n) is 1.61. The van der Waals surface area contributed by atoms with Crippen molar-refractivity contribution in [2.45, 2.75) is 19.6 Å². The van der Waals surface area contributed by atoms with Crippen LogP contribution < -0.4 is 0 Å². The van der Waals surface area contributed by atoms with Gasteiger partial charge in [0.2, 0.25) is 0 Å². The SMILES string of the molecule is CC(C#N)Cn1ccc(C(F)(F)F)n1. The normalized spacial score (nSPS) is 13.6. The molecule has 0 radical (unpaired) electrons. The number of hydrogen-bond acceptors (Lipinski definition) is 2. The third-order valence-corrected chi connectivity index (χ3v) is 1.61. The summed E-state index contributed by atoms with van der Waals surface area (Å²) >= 11 is 0. The molecule has 6 heteroatoms. The van der Waals surface area contributed by atoms with Crippen LogP contribution >= 0.6 is 0 Å². The highest BCUT2D eigenvalue weighted by Gasteiger charge is 2.33. The Labute approximate surface area is 78.8 Å². The minimum Gasteiger partial charge on any atom is -0.271 e. The zero-order valence-electron chi connectivity index (χ0n) is 7.41. The first-order valence-electron chi connectivity index (χ1n) is 3.93. The van der Waals surface area contributed by atoms with Crippen molar-refractivity contribution >= 4 is 0 Å². The van der Waals surface area contributed by atoms with Gasteiger partial charge in [0, 0.05) is 6.20 Å². The largest absolute Gasteiger partial charge is 0.435 e. The Kier molecular flexibility index (Phi) is 2.79. The van der Waals surface area contributed by atoms with Gasteiger partial charge in [-0.25, -0.2) is 0 Å². The summed E-state index contributed by atoms with van der Waals surface area (Å²) in [6, 6.07) is 2.81. The van der Waals surface area contributed by atoms with Gasteiger partial charge in [-0.3, -0.25) is 4.68 Å². The standard InChI is InChI=1S/C8H8F3N3/c1-6(4-12)5-14-3-2-7(13-14)8(9,10)11/h2-3,6H,5H2,1H3. The van der Waals surface area contributed by atoms with Gasteiger partial charge in [0.25, 0.3) is 0 Å². The van der Waals surface area contributed by atoms with Crippen molar-refractivity contribution in [1.82, 2.24) is 9.78 Å². The molecule has 0 saturated heterocycles. The predicted octanol–water partition coefficient (Wildman–Crippen LogP) is 2.06. The molecular formula is C8H8F3N3. The van der Waals surface area contributed by atoms with Gasteiger partial charge in [0.05, 0.1) is 18.5 Å². The van der Waals surface area contributed by atoms with Crippen LogP contribution in [0.4, 0.5) is 13.2 Å². The van der Waals surface area contributed by atoms with Crippen molar-refractivity contribution < 1.29 is 13.2 Å². The monoisotopic (exact) mass is 203 g/mol. The molecule has 0 saturated carbocycles. The van der Waals surface area contributed by atoms with Gasteiger partial charge in [-0.1, -0.05) is 0 Å². The van der Waals surface area contributed by atoms with Crippen LogP contribution in [0.5, 0.6) is 0 Å². The Balaban J connectivity index is 2.75. The van der Waals surface area contributed by atoms with Crippen molar-refractivity contribution in [3.63, 3.8) is 0 Å². The van der Waals surface area contributed by atoms with E-state index in [1.807, 2.05) is 6.07 Å². The molecule has 1 atom stereocenters. The summed E-state index contributed by atoms with van der Waals surface area (Å²) in [7, 11) is 0. The molecular weight excluding hydrogens is 195 g/mol. The molecule has 0 amide bonds. The molecule has 0 fully saturated rings. The van der Waals surface area contributed by atoms with Gasteiger partial charge in [-0.05, 0) is 13.0 Å². The molecule has 1 aromatic heterocycles. The van der Waals surface area contributed by atoms with Crippen LogP contribution in [0.15, 0.2) is 12.3 Å². The maximum atomic E-state index is 12.1. The fraction of sp³-hybridized carbons (Fsp3) is 0.500. The van der Waals surface area contributed by atoms with E-state index in [0.29, 0.717) is 0 Å². The van der Waals surface area contributed by atoms with E-state index in [4.69, 9.17) is 5.26 Å². The van der Waals surface area contributed by atoms with E-state index in [9.17, 15) is 13.2 Å². The van der Waals surface area contributed by atoms with Gasteiger partial charge < -0.3 is 0 Å². The van der Waals surface area contributed by atoms with Crippen LogP contribution in [0.3, 0.4) is 0 Å². The minimum absolute atomic E-state index is 0.173. The molecule has 1 rings (SSSR count). The number of nitriles is 1. The Morgan fingerprint density at radius 1 is 1.64 bits per heavy atom. The molecule has 0 bridgehead atoms. The lowest BCUT2D eigenvalue weighted by Crippen LogP contribution is -2.10. The summed E-state index contributed by atoms with van der Waals surface area (Å²) in [6.07, 6.45) is -3.20. The van der Waals surface area contributed by atoms with Crippen LogP contribution in [0.25, 0.3) is 0 Å². The lowest BCUT2D eigenvalue weighted by molar-refractivity contribution is -0.141. The third kappa shape index (κ3) is 2.49. The number of rotatable bonds is 2. The van der Waals surface area contributed by atoms with Crippen molar-refractivity contribution in [2.75, 3.05) is 0 Å². The van der Waals surface area contributed by atoms with Crippen LogP contribution in [0.2, 0.25) is 0 Å². The molecule has 0 aliphatic heterocycles. The van der Waals surface area contributed by atoms with E-state index in [1.54, 1.807) is 6.92 Å². The van der Waals surface area contributed by atoms with Crippen molar-refractivity contribution in [3.05, 3.63) is 18.0 Å². The summed E-state index contributed by atoms with van der Waals surface area (Å²) in [5.41, 5.74) is -0.928. The summed E-state index contributed by atoms with van der Waals surface area (Å²) in [5.74, 6) is -0.351. The van der Waals surface area contributed by atoms with E-state index in [2.05, 4.69) is 5.10 Å². The zero-order valence-corrected chi connectivity index (χ0v) is 7.41. The molecule has 1 aromatic rings. The summed E-state index contributed by atoms with van der Waals surface area (Å²) in [5, 5.41) is 11.8. The maximum Gasteiger partial charge on any atom is 0.435 e. The summed E-state index contributed by atoms with van der Waals surface area (Å²) in [4.78, 5) is 0. The van der Waals surface area contributed by atoms with Crippen LogP contribution in [-0.2, 0) is 12.7 Å². The lowest BCUT2D eigenvalue weighted by Gasteiger charge is -2.03. The van der Waals surface area contributed by atoms with E-state index >= 15 is 0 Å². The topological polar surface area (TPSA) is 41.6 Å². The molecule has 0 aliphatic rings. The van der Waals surface area contributed by atoms with E-state index in [0.717, 1.165) is 10.7 Å². The number of halogens is 3. The smallest absolute Gasteiger partial charge is 0.271 e. The summed E-state index contributed by atoms with van der Waals surface area (Å²) < 4.78 is 37.4. The Bertz CT molecular complexity index is 347. The first-order valence-corrected chi connectivity index (χ1v) is 3.93.